The van der Waals surface area contributed by atoms with E-state index in [1.54, 1.807) is 0 Å². The molecule has 1 heterocycles. The van der Waals surface area contributed by atoms with Gasteiger partial charge in [0.25, 0.3) is 0 Å². The highest BCUT2D eigenvalue weighted by Crippen LogP contribution is 2.30. The standard InChI is InChI=1S/C16H20ClN3/c1-12(14-3-2-4-15(17)9-14)19-16-7-8-20(11-18-16)10-13-5-6-13/h2-4,7-9,12-13H,5-6,10-11H2,1H3,(H,18,19). The minimum absolute atomic E-state index is 0.201. The van der Waals surface area contributed by atoms with E-state index in [9.17, 15) is 0 Å². The van der Waals surface area contributed by atoms with E-state index < -0.39 is 0 Å². The summed E-state index contributed by atoms with van der Waals surface area (Å²) in [5.41, 5.74) is 1.18. The second-order valence-corrected chi connectivity index (χ2v) is 6.07. The normalized spacial score (nSPS) is 19.7. The maximum Gasteiger partial charge on any atom is 0.124 e. The van der Waals surface area contributed by atoms with Crippen molar-refractivity contribution < 1.29 is 0 Å². The summed E-state index contributed by atoms with van der Waals surface area (Å²) in [4.78, 5) is 6.88. The number of aliphatic imine (C=N–C) groups is 1. The Morgan fingerprint density at radius 1 is 1.45 bits per heavy atom. The SMILES string of the molecule is CC(NC1=NCN(CC2CC2)C=C1)c1cccc(Cl)c1. The molecule has 0 aromatic heterocycles. The molecule has 1 aliphatic heterocycles. The molecule has 1 aliphatic carbocycles. The van der Waals surface area contributed by atoms with Gasteiger partial charge in [0.1, 0.15) is 12.5 Å². The zero-order valence-corrected chi connectivity index (χ0v) is 12.5. The first-order valence-electron chi connectivity index (χ1n) is 7.19. The van der Waals surface area contributed by atoms with Gasteiger partial charge in [-0.1, -0.05) is 23.7 Å². The van der Waals surface area contributed by atoms with Gasteiger partial charge >= 0.3 is 0 Å². The van der Waals surface area contributed by atoms with Gasteiger partial charge in [-0.05, 0) is 49.5 Å². The van der Waals surface area contributed by atoms with Crippen LogP contribution in [0.5, 0.6) is 0 Å². The summed E-state index contributed by atoms with van der Waals surface area (Å²) >= 11 is 6.03. The molecule has 4 heteroatoms. The van der Waals surface area contributed by atoms with E-state index in [4.69, 9.17) is 11.6 Å². The van der Waals surface area contributed by atoms with Gasteiger partial charge < -0.3 is 10.2 Å². The highest BCUT2D eigenvalue weighted by atomic mass is 35.5. The van der Waals surface area contributed by atoms with Crippen molar-refractivity contribution in [1.82, 2.24) is 10.2 Å². The predicted molar refractivity (Wildman–Crippen MR) is 83.9 cm³/mol. The van der Waals surface area contributed by atoms with Crippen LogP contribution in [0.15, 0.2) is 41.5 Å². The fourth-order valence-corrected chi connectivity index (χ4v) is 2.57. The highest BCUT2D eigenvalue weighted by Gasteiger charge is 2.23. The van der Waals surface area contributed by atoms with Crippen LogP contribution in [0.1, 0.15) is 31.4 Å². The maximum absolute atomic E-state index is 6.03. The van der Waals surface area contributed by atoms with Crippen molar-refractivity contribution in [3.8, 4) is 0 Å². The van der Waals surface area contributed by atoms with E-state index in [0.717, 1.165) is 30.0 Å². The largest absolute Gasteiger partial charge is 0.364 e. The highest BCUT2D eigenvalue weighted by molar-refractivity contribution is 6.30. The van der Waals surface area contributed by atoms with Crippen molar-refractivity contribution in [1.29, 1.82) is 0 Å². The van der Waals surface area contributed by atoms with E-state index in [1.807, 2.05) is 18.2 Å². The topological polar surface area (TPSA) is 27.6 Å². The minimum Gasteiger partial charge on any atom is -0.364 e. The van der Waals surface area contributed by atoms with Crippen LogP contribution in [-0.4, -0.2) is 23.9 Å². The molecule has 0 amide bonds. The van der Waals surface area contributed by atoms with Crippen LogP contribution in [0.4, 0.5) is 0 Å². The predicted octanol–water partition coefficient (Wildman–Crippen LogP) is 3.59. The zero-order chi connectivity index (χ0) is 13.9. The molecule has 1 unspecified atom stereocenters. The lowest BCUT2D eigenvalue weighted by Gasteiger charge is -2.24. The molecule has 2 aliphatic rings. The molecule has 106 valence electrons. The molecule has 0 saturated heterocycles. The summed E-state index contributed by atoms with van der Waals surface area (Å²) in [6.07, 6.45) is 6.97. The average Bonchev–Trinajstić information content (AvgIpc) is 3.25. The van der Waals surface area contributed by atoms with E-state index in [-0.39, 0.29) is 6.04 Å². The summed E-state index contributed by atoms with van der Waals surface area (Å²) in [5, 5.41) is 4.20. The van der Waals surface area contributed by atoms with E-state index in [1.165, 1.54) is 18.4 Å². The monoisotopic (exact) mass is 289 g/mol. The molecule has 3 rings (SSSR count). The van der Waals surface area contributed by atoms with Gasteiger partial charge in [-0.2, -0.15) is 0 Å². The third-order valence-corrected chi connectivity index (χ3v) is 4.00. The van der Waals surface area contributed by atoms with Gasteiger partial charge in [0.15, 0.2) is 0 Å². The average molecular weight is 290 g/mol. The number of halogens is 1. The van der Waals surface area contributed by atoms with Crippen LogP contribution in [0.3, 0.4) is 0 Å². The number of nitrogens with one attached hydrogen (secondary N) is 1. The fraction of sp³-hybridized carbons (Fsp3) is 0.438. The minimum atomic E-state index is 0.201. The molecular weight excluding hydrogens is 270 g/mol. The summed E-state index contributed by atoms with van der Waals surface area (Å²) in [6.45, 7) is 4.04. The third kappa shape index (κ3) is 3.54. The first-order valence-corrected chi connectivity index (χ1v) is 7.57. The summed E-state index contributed by atoms with van der Waals surface area (Å²) in [6, 6.07) is 8.14. The van der Waals surface area contributed by atoms with Crippen LogP contribution in [0, 0.1) is 5.92 Å². The molecule has 1 aromatic rings. The first kappa shape index (κ1) is 13.5. The number of rotatable bonds is 4. The third-order valence-electron chi connectivity index (χ3n) is 3.77. The Hall–Kier alpha value is -1.48. The van der Waals surface area contributed by atoms with Crippen molar-refractivity contribution in [2.45, 2.75) is 25.8 Å². The molecule has 3 nitrogen and oxygen atoms in total. The Kier molecular flexibility index (Phi) is 3.97. The van der Waals surface area contributed by atoms with E-state index in [0.29, 0.717) is 0 Å². The van der Waals surface area contributed by atoms with Gasteiger partial charge in [-0.25, -0.2) is 4.99 Å². The van der Waals surface area contributed by atoms with Crippen LogP contribution in [-0.2, 0) is 0 Å². The second-order valence-electron chi connectivity index (χ2n) is 5.64. The lowest BCUT2D eigenvalue weighted by molar-refractivity contribution is 0.366. The molecule has 1 atom stereocenters. The van der Waals surface area contributed by atoms with Crippen molar-refractivity contribution in [2.24, 2.45) is 10.9 Å². The molecule has 0 spiro atoms. The second kappa shape index (κ2) is 5.88. The van der Waals surface area contributed by atoms with Gasteiger partial charge in [-0.15, -0.1) is 0 Å². The lowest BCUT2D eigenvalue weighted by Crippen LogP contribution is -2.31. The summed E-state index contributed by atoms with van der Waals surface area (Å²) in [5.74, 6) is 1.85. The molecule has 20 heavy (non-hydrogen) atoms. The number of nitrogens with zero attached hydrogens (tertiary/aromatic N) is 2. The fourth-order valence-electron chi connectivity index (χ4n) is 2.37. The van der Waals surface area contributed by atoms with Gasteiger partial charge in [0.2, 0.25) is 0 Å². The summed E-state index contributed by atoms with van der Waals surface area (Å²) < 4.78 is 0. The molecule has 1 fully saturated rings. The lowest BCUT2D eigenvalue weighted by atomic mass is 10.1. The van der Waals surface area contributed by atoms with E-state index in [2.05, 4.69) is 40.5 Å². The number of amidine groups is 1. The molecule has 1 saturated carbocycles. The number of hydrogen-bond donors (Lipinski definition) is 1. The van der Waals surface area contributed by atoms with Gasteiger partial charge in [-0.3, -0.25) is 0 Å². The zero-order valence-electron chi connectivity index (χ0n) is 11.7. The molecule has 0 radical (unpaired) electrons. The maximum atomic E-state index is 6.03. The smallest absolute Gasteiger partial charge is 0.124 e. The summed E-state index contributed by atoms with van der Waals surface area (Å²) in [7, 11) is 0. The Bertz CT molecular complexity index is 534. The van der Waals surface area contributed by atoms with Gasteiger partial charge in [0, 0.05) is 23.8 Å². The van der Waals surface area contributed by atoms with Crippen LogP contribution in [0.2, 0.25) is 5.02 Å². The number of hydrogen-bond acceptors (Lipinski definition) is 3. The number of benzene rings is 1. The molecule has 0 bridgehead atoms. The van der Waals surface area contributed by atoms with Crippen molar-refractivity contribution in [3.05, 3.63) is 47.1 Å². The first-order chi connectivity index (χ1) is 9.70. The van der Waals surface area contributed by atoms with Gasteiger partial charge in [0.05, 0.1) is 0 Å². The van der Waals surface area contributed by atoms with Crippen molar-refractivity contribution in [3.63, 3.8) is 0 Å². The Balaban J connectivity index is 1.55. The van der Waals surface area contributed by atoms with Crippen molar-refractivity contribution in [2.75, 3.05) is 13.2 Å². The quantitative estimate of drug-likeness (QED) is 0.917. The Morgan fingerprint density at radius 2 is 2.30 bits per heavy atom. The molecule has 1 N–H and O–H groups in total. The molecular formula is C16H20ClN3. The Labute approximate surface area is 125 Å². The Morgan fingerprint density at radius 3 is 2.95 bits per heavy atom. The molecule has 1 aromatic carbocycles. The van der Waals surface area contributed by atoms with Crippen LogP contribution >= 0.6 is 11.6 Å². The van der Waals surface area contributed by atoms with E-state index >= 15 is 0 Å². The van der Waals surface area contributed by atoms with Crippen molar-refractivity contribution >= 4 is 17.4 Å². The van der Waals surface area contributed by atoms with Crippen LogP contribution < -0.4 is 5.32 Å². The van der Waals surface area contributed by atoms with Crippen LogP contribution in [0.25, 0.3) is 0 Å².